The Morgan fingerprint density at radius 1 is 0.886 bits per heavy atom. The van der Waals surface area contributed by atoms with E-state index in [0.717, 1.165) is 18.4 Å². The van der Waals surface area contributed by atoms with Crippen LogP contribution in [0.4, 0.5) is 5.69 Å². The molecule has 4 rings (SSSR count). The van der Waals surface area contributed by atoms with Crippen molar-refractivity contribution in [1.82, 2.24) is 5.32 Å². The largest absolute Gasteiger partial charge is 0.452 e. The lowest BCUT2D eigenvalue weighted by atomic mass is 9.89. The first-order valence-corrected chi connectivity index (χ1v) is 11.9. The maximum Gasteiger partial charge on any atom is 0.339 e. The highest BCUT2D eigenvalue weighted by atomic mass is 16.5. The fourth-order valence-electron chi connectivity index (χ4n) is 4.40. The van der Waals surface area contributed by atoms with E-state index >= 15 is 0 Å². The van der Waals surface area contributed by atoms with Gasteiger partial charge in [0, 0.05) is 12.7 Å². The van der Waals surface area contributed by atoms with Crippen LogP contribution in [-0.4, -0.2) is 31.4 Å². The standard InChI is InChI=1S/C29H30N2O4/c1-20(22-17-16-21-10-6-7-11-23(21)18-22)30-27(32)19-35-29(34)26-15-9-8-14-25(26)28(33)31(2)24-12-4-3-5-13-24/h3-5,8-9,12-18,20H,6-7,10-11,19H2,1-2H3,(H,30,32). The van der Waals surface area contributed by atoms with Crippen LogP contribution in [0.15, 0.2) is 72.8 Å². The smallest absolute Gasteiger partial charge is 0.339 e. The lowest BCUT2D eigenvalue weighted by Crippen LogP contribution is -2.32. The lowest BCUT2D eigenvalue weighted by molar-refractivity contribution is -0.124. The van der Waals surface area contributed by atoms with Crippen LogP contribution in [0.25, 0.3) is 0 Å². The normalized spacial score (nSPS) is 13.3. The number of fused-ring (bicyclic) bond motifs is 1. The number of ether oxygens (including phenoxy) is 1. The molecule has 1 aliphatic carbocycles. The summed E-state index contributed by atoms with van der Waals surface area (Å²) in [6.07, 6.45) is 4.59. The molecular formula is C29H30N2O4. The van der Waals surface area contributed by atoms with E-state index in [1.54, 1.807) is 25.2 Å². The van der Waals surface area contributed by atoms with Crippen LogP contribution < -0.4 is 10.2 Å². The Morgan fingerprint density at radius 3 is 2.29 bits per heavy atom. The van der Waals surface area contributed by atoms with E-state index in [1.807, 2.05) is 43.3 Å². The van der Waals surface area contributed by atoms with E-state index in [9.17, 15) is 14.4 Å². The maximum absolute atomic E-state index is 13.1. The monoisotopic (exact) mass is 470 g/mol. The second-order valence-corrected chi connectivity index (χ2v) is 8.85. The minimum atomic E-state index is -0.716. The molecule has 3 aromatic rings. The summed E-state index contributed by atoms with van der Waals surface area (Å²) in [5, 5.41) is 2.90. The number of carbonyl (C=O) groups excluding carboxylic acids is 3. The molecule has 6 nitrogen and oxygen atoms in total. The van der Waals surface area contributed by atoms with Gasteiger partial charge in [0.1, 0.15) is 0 Å². The van der Waals surface area contributed by atoms with Gasteiger partial charge in [-0.25, -0.2) is 4.79 Å². The zero-order valence-corrected chi connectivity index (χ0v) is 20.1. The van der Waals surface area contributed by atoms with Crippen LogP contribution in [0.1, 0.15) is 63.2 Å². The summed E-state index contributed by atoms with van der Waals surface area (Å²) in [5.41, 5.74) is 4.81. The molecule has 180 valence electrons. The molecule has 0 saturated heterocycles. The van der Waals surface area contributed by atoms with Crippen LogP contribution in [-0.2, 0) is 22.4 Å². The van der Waals surface area contributed by atoms with Crippen molar-refractivity contribution in [3.63, 3.8) is 0 Å². The topological polar surface area (TPSA) is 75.7 Å². The summed E-state index contributed by atoms with van der Waals surface area (Å²) >= 11 is 0. The minimum Gasteiger partial charge on any atom is -0.452 e. The van der Waals surface area contributed by atoms with E-state index in [1.165, 1.54) is 34.9 Å². The first-order chi connectivity index (χ1) is 16.9. The second-order valence-electron chi connectivity index (χ2n) is 8.85. The third-order valence-electron chi connectivity index (χ3n) is 6.41. The van der Waals surface area contributed by atoms with Crippen molar-refractivity contribution >= 4 is 23.5 Å². The van der Waals surface area contributed by atoms with Crippen LogP contribution in [0.2, 0.25) is 0 Å². The van der Waals surface area contributed by atoms with Crippen LogP contribution in [0.3, 0.4) is 0 Å². The van der Waals surface area contributed by atoms with Crippen molar-refractivity contribution in [3.05, 3.63) is 101 Å². The van der Waals surface area contributed by atoms with E-state index < -0.39 is 18.5 Å². The Hall–Kier alpha value is -3.93. The summed E-state index contributed by atoms with van der Waals surface area (Å²) in [5.74, 6) is -1.45. The maximum atomic E-state index is 13.1. The minimum absolute atomic E-state index is 0.121. The van der Waals surface area contributed by atoms with Gasteiger partial charge in [-0.3, -0.25) is 9.59 Å². The zero-order valence-electron chi connectivity index (χ0n) is 20.1. The van der Waals surface area contributed by atoms with Crippen molar-refractivity contribution in [3.8, 4) is 0 Å². The number of benzene rings is 3. The molecule has 0 saturated carbocycles. The predicted octanol–water partition coefficient (Wildman–Crippen LogP) is 4.88. The zero-order chi connectivity index (χ0) is 24.8. The molecule has 0 fully saturated rings. The SMILES string of the molecule is CC(NC(=O)COC(=O)c1ccccc1C(=O)N(C)c1ccccc1)c1ccc2c(c1)CCCC2. The summed E-state index contributed by atoms with van der Waals surface area (Å²) in [7, 11) is 1.65. The van der Waals surface area contributed by atoms with E-state index in [4.69, 9.17) is 4.74 Å². The Labute approximate surface area is 205 Å². The molecule has 35 heavy (non-hydrogen) atoms. The molecular weight excluding hydrogens is 440 g/mol. The van der Waals surface area contributed by atoms with Gasteiger partial charge in [0.05, 0.1) is 17.2 Å². The average molecular weight is 471 g/mol. The number of nitrogens with one attached hydrogen (secondary N) is 1. The fourth-order valence-corrected chi connectivity index (χ4v) is 4.40. The van der Waals surface area contributed by atoms with Crippen molar-refractivity contribution in [1.29, 1.82) is 0 Å². The summed E-state index contributed by atoms with van der Waals surface area (Å²) in [6, 6.07) is 21.8. The number of anilines is 1. The molecule has 0 aromatic heterocycles. The van der Waals surface area contributed by atoms with Crippen LogP contribution in [0, 0.1) is 0 Å². The molecule has 1 atom stereocenters. The highest BCUT2D eigenvalue weighted by Gasteiger charge is 2.22. The molecule has 3 aromatic carbocycles. The van der Waals surface area contributed by atoms with E-state index in [2.05, 4.69) is 17.4 Å². The Morgan fingerprint density at radius 2 is 1.54 bits per heavy atom. The molecule has 0 aliphatic heterocycles. The van der Waals surface area contributed by atoms with Gasteiger partial charge < -0.3 is 15.0 Å². The number of nitrogens with zero attached hydrogens (tertiary/aromatic N) is 1. The van der Waals surface area contributed by atoms with E-state index in [0.29, 0.717) is 5.69 Å². The Bertz CT molecular complexity index is 1220. The molecule has 1 aliphatic rings. The molecule has 0 radical (unpaired) electrons. The number of para-hydroxylation sites is 1. The molecule has 0 bridgehead atoms. The number of carbonyl (C=O) groups is 3. The van der Waals surface area contributed by atoms with Crippen molar-refractivity contribution in [2.24, 2.45) is 0 Å². The lowest BCUT2D eigenvalue weighted by Gasteiger charge is -2.20. The van der Waals surface area contributed by atoms with Gasteiger partial charge in [-0.15, -0.1) is 0 Å². The van der Waals surface area contributed by atoms with Crippen molar-refractivity contribution < 1.29 is 19.1 Å². The van der Waals surface area contributed by atoms with Gasteiger partial charge in [-0.05, 0) is 73.6 Å². The fraction of sp³-hybridized carbons (Fsp3) is 0.276. The van der Waals surface area contributed by atoms with Gasteiger partial charge >= 0.3 is 5.97 Å². The summed E-state index contributed by atoms with van der Waals surface area (Å²) in [6.45, 7) is 1.49. The Kier molecular flexibility index (Phi) is 7.60. The number of hydrogen-bond donors (Lipinski definition) is 1. The molecule has 0 heterocycles. The third-order valence-corrected chi connectivity index (χ3v) is 6.41. The molecule has 1 N–H and O–H groups in total. The van der Waals surface area contributed by atoms with Crippen molar-refractivity contribution in [2.75, 3.05) is 18.6 Å². The quantitative estimate of drug-likeness (QED) is 0.500. The highest BCUT2D eigenvalue weighted by molar-refractivity contribution is 6.12. The average Bonchev–Trinajstić information content (AvgIpc) is 2.91. The van der Waals surface area contributed by atoms with Crippen LogP contribution in [0.5, 0.6) is 0 Å². The van der Waals surface area contributed by atoms with Gasteiger partial charge in [0.15, 0.2) is 6.61 Å². The molecule has 6 heteroatoms. The van der Waals surface area contributed by atoms with E-state index in [-0.39, 0.29) is 23.1 Å². The van der Waals surface area contributed by atoms with Gasteiger partial charge in [-0.2, -0.15) is 0 Å². The Balaban J connectivity index is 1.37. The second kappa shape index (κ2) is 11.0. The summed E-state index contributed by atoms with van der Waals surface area (Å²) in [4.78, 5) is 39.8. The number of hydrogen-bond acceptors (Lipinski definition) is 4. The van der Waals surface area contributed by atoms with Crippen LogP contribution >= 0.6 is 0 Å². The first kappa shape index (κ1) is 24.2. The van der Waals surface area contributed by atoms with Gasteiger partial charge in [-0.1, -0.05) is 48.5 Å². The summed E-state index contributed by atoms with van der Waals surface area (Å²) < 4.78 is 5.27. The third kappa shape index (κ3) is 5.77. The van der Waals surface area contributed by atoms with Gasteiger partial charge in [0.2, 0.25) is 0 Å². The number of aryl methyl sites for hydroxylation is 2. The molecule has 1 unspecified atom stereocenters. The van der Waals surface area contributed by atoms with Crippen molar-refractivity contribution in [2.45, 2.75) is 38.6 Å². The number of esters is 1. The first-order valence-electron chi connectivity index (χ1n) is 11.9. The van der Waals surface area contributed by atoms with Gasteiger partial charge in [0.25, 0.3) is 11.8 Å². The highest BCUT2D eigenvalue weighted by Crippen LogP contribution is 2.25. The predicted molar refractivity (Wildman–Crippen MR) is 136 cm³/mol. The number of amides is 2. The number of rotatable bonds is 7. The molecule has 0 spiro atoms. The molecule has 2 amide bonds.